The van der Waals surface area contributed by atoms with Crippen molar-refractivity contribution in [2.75, 3.05) is 13.2 Å². The summed E-state index contributed by atoms with van der Waals surface area (Å²) in [4.78, 5) is 0. The van der Waals surface area contributed by atoms with Crippen molar-refractivity contribution in [2.24, 2.45) is 0 Å². The third kappa shape index (κ3) is 14.7. The Hall–Kier alpha value is -0.497. The third-order valence-corrected chi connectivity index (χ3v) is 8.52. The molecule has 0 amide bonds. The van der Waals surface area contributed by atoms with E-state index in [0.29, 0.717) is 0 Å². The zero-order valence-corrected chi connectivity index (χ0v) is 30.2. The minimum absolute atomic E-state index is 0. The van der Waals surface area contributed by atoms with Gasteiger partial charge in [-0.05, 0) is 54.4 Å². The molecule has 41 heavy (non-hydrogen) atoms. The van der Waals surface area contributed by atoms with Crippen LogP contribution in [0.25, 0.3) is 0 Å². The van der Waals surface area contributed by atoms with E-state index in [-0.39, 0.29) is 37.4 Å². The van der Waals surface area contributed by atoms with Crippen molar-refractivity contribution in [1.29, 1.82) is 0 Å². The molecule has 3 heteroatoms. The topological polar surface area (TPSA) is 18.5 Å². The first-order valence-electron chi connectivity index (χ1n) is 16.9. The molecule has 0 radical (unpaired) electrons. The zero-order chi connectivity index (χ0) is 28.8. The molecule has 0 spiro atoms. The minimum Gasteiger partial charge on any atom is -0.376 e. The summed E-state index contributed by atoms with van der Waals surface area (Å²) in [5, 5.41) is 0. The molecule has 0 unspecified atom stereocenters. The Balaban J connectivity index is 0.000000280. The molecular formula is C38H62O2Zr. The van der Waals surface area contributed by atoms with Crippen molar-refractivity contribution in [2.45, 2.75) is 168 Å². The zero-order valence-electron chi connectivity index (χ0n) is 27.8. The van der Waals surface area contributed by atoms with Crippen molar-refractivity contribution < 1.29 is 35.7 Å². The molecule has 0 saturated heterocycles. The fourth-order valence-corrected chi connectivity index (χ4v) is 6.33. The SMILES string of the molecule is CC(C)(C)OCCCCCCc1c[cH-]c2c1CCCC2.CC(C)(C)OCCCCCCc1c[cH-]c2c1CCCC2.[Zr+2]. The Labute approximate surface area is 273 Å². The molecule has 230 valence electrons. The second-order valence-electron chi connectivity index (χ2n) is 14.4. The second kappa shape index (κ2) is 19.0. The van der Waals surface area contributed by atoms with Crippen molar-refractivity contribution >= 4 is 0 Å². The predicted molar refractivity (Wildman–Crippen MR) is 173 cm³/mol. The Morgan fingerprint density at radius 2 is 0.902 bits per heavy atom. The minimum atomic E-state index is 0. The van der Waals surface area contributed by atoms with Gasteiger partial charge in [0.05, 0.1) is 11.2 Å². The largest absolute Gasteiger partial charge is 2.00 e. The smallest absolute Gasteiger partial charge is 0.376 e. The van der Waals surface area contributed by atoms with Crippen LogP contribution >= 0.6 is 0 Å². The van der Waals surface area contributed by atoms with E-state index in [2.05, 4.69) is 65.8 Å². The van der Waals surface area contributed by atoms with Gasteiger partial charge in [-0.1, -0.05) is 103 Å². The van der Waals surface area contributed by atoms with Gasteiger partial charge >= 0.3 is 26.2 Å². The van der Waals surface area contributed by atoms with Gasteiger partial charge in [0.15, 0.2) is 0 Å². The summed E-state index contributed by atoms with van der Waals surface area (Å²) in [5.74, 6) is 0. The van der Waals surface area contributed by atoms with E-state index in [9.17, 15) is 0 Å². The number of ether oxygens (including phenoxy) is 2. The van der Waals surface area contributed by atoms with E-state index in [1.165, 1.54) is 116 Å². The Morgan fingerprint density at radius 1 is 0.537 bits per heavy atom. The molecule has 0 fully saturated rings. The van der Waals surface area contributed by atoms with E-state index in [0.717, 1.165) is 13.2 Å². The van der Waals surface area contributed by atoms with Crippen LogP contribution in [0.15, 0.2) is 24.3 Å². The van der Waals surface area contributed by atoms with Crippen molar-refractivity contribution in [1.82, 2.24) is 0 Å². The van der Waals surface area contributed by atoms with Crippen LogP contribution in [0.4, 0.5) is 0 Å². The molecule has 0 heterocycles. The predicted octanol–water partition coefficient (Wildman–Crippen LogP) is 10.4. The van der Waals surface area contributed by atoms with Gasteiger partial charge in [0.25, 0.3) is 0 Å². The van der Waals surface area contributed by atoms with E-state index in [1.807, 2.05) is 0 Å². The number of hydrogen-bond donors (Lipinski definition) is 0. The van der Waals surface area contributed by atoms with Crippen molar-refractivity contribution in [3.05, 3.63) is 57.6 Å². The van der Waals surface area contributed by atoms with Crippen LogP contribution in [0, 0.1) is 0 Å². The fraction of sp³-hybridized carbons (Fsp3) is 0.737. The summed E-state index contributed by atoms with van der Waals surface area (Å²) in [7, 11) is 0. The van der Waals surface area contributed by atoms with E-state index in [1.54, 1.807) is 33.4 Å². The van der Waals surface area contributed by atoms with Gasteiger partial charge in [-0.3, -0.25) is 0 Å². The number of unbranched alkanes of at least 4 members (excludes halogenated alkanes) is 6. The van der Waals surface area contributed by atoms with Gasteiger partial charge in [-0.2, -0.15) is 57.6 Å². The fourth-order valence-electron chi connectivity index (χ4n) is 6.33. The Bertz CT molecular complexity index is 874. The summed E-state index contributed by atoms with van der Waals surface area (Å²) >= 11 is 0. The summed E-state index contributed by atoms with van der Waals surface area (Å²) in [6, 6.07) is 9.53. The summed E-state index contributed by atoms with van der Waals surface area (Å²) in [5.41, 5.74) is 10.0. The second-order valence-corrected chi connectivity index (χ2v) is 14.4. The summed E-state index contributed by atoms with van der Waals surface area (Å²) < 4.78 is 11.5. The van der Waals surface area contributed by atoms with Gasteiger partial charge in [-0.25, -0.2) is 0 Å². The third-order valence-electron chi connectivity index (χ3n) is 8.52. The normalized spacial score (nSPS) is 15.0. The van der Waals surface area contributed by atoms with Crippen molar-refractivity contribution in [3.63, 3.8) is 0 Å². The summed E-state index contributed by atoms with van der Waals surface area (Å²) in [6.45, 7) is 14.6. The van der Waals surface area contributed by atoms with E-state index < -0.39 is 0 Å². The molecule has 2 aliphatic carbocycles. The molecule has 0 aromatic heterocycles. The maximum Gasteiger partial charge on any atom is 2.00 e. The molecule has 0 aliphatic heterocycles. The first kappa shape index (κ1) is 36.7. The van der Waals surface area contributed by atoms with Gasteiger partial charge < -0.3 is 9.47 Å². The van der Waals surface area contributed by atoms with Gasteiger partial charge in [0, 0.05) is 13.2 Å². The standard InChI is InChI=1S/2C19H31O.Zr/c2*1-19(2,3)20-15-9-5-4-6-10-16-13-14-17-11-7-8-12-18(16)17;/h2*13-14H,4-12,15H2,1-3H3;/q2*-1;+2. The molecule has 0 saturated carbocycles. The monoisotopic (exact) mass is 640 g/mol. The summed E-state index contributed by atoms with van der Waals surface area (Å²) in [6.07, 6.45) is 23.8. The van der Waals surface area contributed by atoms with E-state index in [4.69, 9.17) is 9.47 Å². The average Bonchev–Trinajstić information content (AvgIpc) is 3.51. The number of fused-ring (bicyclic) bond motifs is 2. The van der Waals surface area contributed by atoms with Crippen LogP contribution in [0.1, 0.15) is 152 Å². The molecule has 0 atom stereocenters. The Morgan fingerprint density at radius 3 is 1.29 bits per heavy atom. The van der Waals surface area contributed by atoms with Gasteiger partial charge in [-0.15, -0.1) is 0 Å². The first-order chi connectivity index (χ1) is 19.1. The number of rotatable bonds is 14. The van der Waals surface area contributed by atoms with Crippen LogP contribution in [0.2, 0.25) is 0 Å². The quantitative estimate of drug-likeness (QED) is 0.151. The molecule has 0 bridgehead atoms. The van der Waals surface area contributed by atoms with Crippen LogP contribution in [-0.2, 0) is 74.2 Å². The molecule has 0 N–H and O–H groups in total. The first-order valence-corrected chi connectivity index (χ1v) is 16.9. The van der Waals surface area contributed by atoms with Gasteiger partial charge in [0.2, 0.25) is 0 Å². The number of hydrogen-bond acceptors (Lipinski definition) is 2. The van der Waals surface area contributed by atoms with Gasteiger partial charge in [0.1, 0.15) is 0 Å². The molecular weight excluding hydrogens is 580 g/mol. The van der Waals surface area contributed by atoms with Crippen LogP contribution in [0.5, 0.6) is 0 Å². The molecule has 4 rings (SSSR count). The molecule has 2 aliphatic rings. The van der Waals surface area contributed by atoms with Crippen LogP contribution in [0.3, 0.4) is 0 Å². The molecule has 2 nitrogen and oxygen atoms in total. The number of aryl methyl sites for hydroxylation is 4. The van der Waals surface area contributed by atoms with Crippen LogP contribution in [-0.4, -0.2) is 24.4 Å². The molecule has 2 aromatic carbocycles. The van der Waals surface area contributed by atoms with Crippen LogP contribution < -0.4 is 0 Å². The molecule has 2 aromatic rings. The van der Waals surface area contributed by atoms with E-state index >= 15 is 0 Å². The average molecular weight is 642 g/mol. The maximum atomic E-state index is 5.76. The maximum absolute atomic E-state index is 5.76. The van der Waals surface area contributed by atoms with Crippen molar-refractivity contribution in [3.8, 4) is 0 Å². The Kier molecular flexibility index (Phi) is 17.0.